The van der Waals surface area contributed by atoms with Gasteiger partial charge in [0, 0.05) is 0 Å². The number of carboxylic acid groups (broad SMARTS) is 1. The Balaban J connectivity index is 2.32. The normalized spacial score (nSPS) is 12.0. The van der Waals surface area contributed by atoms with Gasteiger partial charge in [0.15, 0.2) is 0 Å². The number of carbonyl (C=O) groups excluding carboxylic acids is 2. The van der Waals surface area contributed by atoms with Crippen molar-refractivity contribution in [1.82, 2.24) is 10.6 Å². The van der Waals surface area contributed by atoms with Crippen molar-refractivity contribution in [2.75, 3.05) is 7.11 Å². The summed E-state index contributed by atoms with van der Waals surface area (Å²) < 4.78 is 5.16. The van der Waals surface area contributed by atoms with Gasteiger partial charge in [0.05, 0.1) is 12.7 Å². The van der Waals surface area contributed by atoms with E-state index in [9.17, 15) is 14.4 Å². The monoisotopic (exact) mass is 368 g/mol. The zero-order valence-electron chi connectivity index (χ0n) is 14.9. The Bertz CT molecular complexity index is 862. The minimum absolute atomic E-state index is 0.0785. The van der Waals surface area contributed by atoms with Gasteiger partial charge in [-0.05, 0) is 30.7 Å². The first kappa shape index (κ1) is 19.7. The van der Waals surface area contributed by atoms with Crippen molar-refractivity contribution in [3.8, 4) is 5.75 Å². The fourth-order valence-corrected chi connectivity index (χ4v) is 2.23. The van der Waals surface area contributed by atoms with Crippen molar-refractivity contribution in [2.24, 2.45) is 0 Å². The summed E-state index contributed by atoms with van der Waals surface area (Å²) in [4.78, 5) is 36.1. The quantitative estimate of drug-likeness (QED) is 0.649. The number of methoxy groups -OCH3 is 1. The van der Waals surface area contributed by atoms with Gasteiger partial charge in [-0.15, -0.1) is 0 Å². The Morgan fingerprint density at radius 1 is 1.04 bits per heavy atom. The number of benzene rings is 2. The summed E-state index contributed by atoms with van der Waals surface area (Å²) in [5.41, 5.74) is 0.842. The highest BCUT2D eigenvalue weighted by molar-refractivity contribution is 6.06. The second kappa shape index (κ2) is 9.19. The molecule has 1 atom stereocenters. The minimum Gasteiger partial charge on any atom is -0.496 e. The lowest BCUT2D eigenvalue weighted by atomic mass is 10.1. The van der Waals surface area contributed by atoms with Gasteiger partial charge < -0.3 is 20.5 Å². The van der Waals surface area contributed by atoms with Gasteiger partial charge in [0.1, 0.15) is 17.5 Å². The first-order valence-corrected chi connectivity index (χ1v) is 8.17. The van der Waals surface area contributed by atoms with Crippen LogP contribution in [-0.2, 0) is 9.59 Å². The van der Waals surface area contributed by atoms with Crippen LogP contribution in [0.3, 0.4) is 0 Å². The van der Waals surface area contributed by atoms with Crippen molar-refractivity contribution in [3.05, 3.63) is 71.4 Å². The Hall–Kier alpha value is -3.61. The molecule has 0 saturated heterocycles. The second-order valence-corrected chi connectivity index (χ2v) is 5.66. The highest BCUT2D eigenvalue weighted by Crippen LogP contribution is 2.17. The number of nitrogens with one attached hydrogen (secondary N) is 2. The van der Waals surface area contributed by atoms with Crippen molar-refractivity contribution in [2.45, 2.75) is 13.0 Å². The molecule has 27 heavy (non-hydrogen) atoms. The molecule has 140 valence electrons. The van der Waals surface area contributed by atoms with Gasteiger partial charge in [-0.25, -0.2) is 0 Å². The van der Waals surface area contributed by atoms with Crippen molar-refractivity contribution >= 4 is 23.9 Å². The molecule has 0 saturated carbocycles. The molecule has 0 aliphatic carbocycles. The van der Waals surface area contributed by atoms with E-state index in [0.29, 0.717) is 11.3 Å². The standard InChI is InChI=1S/C20H20N2O5/c1-13(20(25)26)21-19(24)16(12-14-8-4-3-5-9-14)22-18(23)15-10-6-7-11-17(15)27-2/h3-13H,1-2H3,(H,21,24)(H,22,23)(H,25,26)/b16-12-. The summed E-state index contributed by atoms with van der Waals surface area (Å²) in [5, 5.41) is 13.9. The Morgan fingerprint density at radius 3 is 2.30 bits per heavy atom. The van der Waals surface area contributed by atoms with E-state index in [2.05, 4.69) is 10.6 Å². The summed E-state index contributed by atoms with van der Waals surface area (Å²) >= 11 is 0. The largest absolute Gasteiger partial charge is 0.496 e. The molecular weight excluding hydrogens is 348 g/mol. The van der Waals surface area contributed by atoms with Crippen LogP contribution in [0.25, 0.3) is 6.08 Å². The summed E-state index contributed by atoms with van der Waals surface area (Å²) in [5.74, 6) is -2.09. The molecule has 0 spiro atoms. The number of rotatable bonds is 7. The van der Waals surface area contributed by atoms with Crippen LogP contribution in [0.2, 0.25) is 0 Å². The number of carboxylic acids is 1. The SMILES string of the molecule is COc1ccccc1C(=O)N/C(=C\c1ccccc1)C(=O)NC(C)C(=O)O. The molecule has 2 amide bonds. The second-order valence-electron chi connectivity index (χ2n) is 5.66. The van der Waals surface area contributed by atoms with E-state index in [1.165, 1.54) is 20.1 Å². The van der Waals surface area contributed by atoms with Crippen LogP contribution < -0.4 is 15.4 Å². The molecule has 0 bridgehead atoms. The highest BCUT2D eigenvalue weighted by atomic mass is 16.5. The van der Waals surface area contributed by atoms with Crippen molar-refractivity contribution in [3.63, 3.8) is 0 Å². The molecule has 0 heterocycles. The van der Waals surface area contributed by atoms with Gasteiger partial charge in [0.2, 0.25) is 0 Å². The summed E-state index contributed by atoms with van der Waals surface area (Å²) in [6.45, 7) is 1.34. The maximum Gasteiger partial charge on any atom is 0.325 e. The van der Waals surface area contributed by atoms with Gasteiger partial charge in [-0.3, -0.25) is 14.4 Å². The topological polar surface area (TPSA) is 105 Å². The molecule has 0 aromatic heterocycles. The Morgan fingerprint density at radius 2 is 1.67 bits per heavy atom. The van der Waals surface area contributed by atoms with E-state index in [0.717, 1.165) is 0 Å². The Kier molecular flexibility index (Phi) is 6.71. The third-order valence-electron chi connectivity index (χ3n) is 3.67. The van der Waals surface area contributed by atoms with Gasteiger partial charge >= 0.3 is 5.97 Å². The maximum atomic E-state index is 12.6. The first-order valence-electron chi connectivity index (χ1n) is 8.17. The minimum atomic E-state index is -1.18. The van der Waals surface area contributed by atoms with Gasteiger partial charge in [-0.1, -0.05) is 42.5 Å². The van der Waals surface area contributed by atoms with Gasteiger partial charge in [0.25, 0.3) is 11.8 Å². The molecule has 7 nitrogen and oxygen atoms in total. The average Bonchev–Trinajstić information content (AvgIpc) is 2.67. The predicted octanol–water partition coefficient (Wildman–Crippen LogP) is 2.06. The van der Waals surface area contributed by atoms with Crippen molar-refractivity contribution in [1.29, 1.82) is 0 Å². The van der Waals surface area contributed by atoms with Crippen LogP contribution in [0.15, 0.2) is 60.3 Å². The van der Waals surface area contributed by atoms with Crippen LogP contribution in [0.1, 0.15) is 22.8 Å². The number of amides is 2. The summed E-state index contributed by atoms with van der Waals surface area (Å²) in [6, 6.07) is 14.4. The smallest absolute Gasteiger partial charge is 0.325 e. The predicted molar refractivity (Wildman–Crippen MR) is 100 cm³/mol. The van der Waals surface area contributed by atoms with E-state index in [1.807, 2.05) is 6.07 Å². The highest BCUT2D eigenvalue weighted by Gasteiger charge is 2.20. The molecule has 2 rings (SSSR count). The van der Waals surface area contributed by atoms with Crippen LogP contribution >= 0.6 is 0 Å². The van der Waals surface area contributed by atoms with Gasteiger partial charge in [-0.2, -0.15) is 0 Å². The molecule has 7 heteroatoms. The molecule has 0 aliphatic heterocycles. The average molecular weight is 368 g/mol. The summed E-state index contributed by atoms with van der Waals surface area (Å²) in [7, 11) is 1.44. The molecule has 0 aliphatic rings. The molecule has 2 aromatic carbocycles. The zero-order valence-corrected chi connectivity index (χ0v) is 14.9. The van der Waals surface area contributed by atoms with E-state index >= 15 is 0 Å². The van der Waals surface area contributed by atoms with Crippen LogP contribution in [0.4, 0.5) is 0 Å². The number of hydrogen-bond donors (Lipinski definition) is 3. The molecule has 1 unspecified atom stereocenters. The molecule has 0 fully saturated rings. The number of para-hydroxylation sites is 1. The lowest BCUT2D eigenvalue weighted by molar-refractivity contribution is -0.140. The zero-order chi connectivity index (χ0) is 19.8. The van der Waals surface area contributed by atoms with E-state index in [-0.39, 0.29) is 11.3 Å². The number of ether oxygens (including phenoxy) is 1. The van der Waals surface area contributed by atoms with E-state index in [4.69, 9.17) is 9.84 Å². The lowest BCUT2D eigenvalue weighted by Gasteiger charge is -2.14. The fourth-order valence-electron chi connectivity index (χ4n) is 2.23. The van der Waals surface area contributed by atoms with Crippen LogP contribution in [0, 0.1) is 0 Å². The maximum absolute atomic E-state index is 12.6. The van der Waals surface area contributed by atoms with Crippen LogP contribution in [0.5, 0.6) is 5.75 Å². The fraction of sp³-hybridized carbons (Fsp3) is 0.150. The van der Waals surface area contributed by atoms with E-state index in [1.54, 1.807) is 48.5 Å². The molecule has 3 N–H and O–H groups in total. The van der Waals surface area contributed by atoms with Crippen LogP contribution in [-0.4, -0.2) is 36.0 Å². The molecule has 2 aromatic rings. The molecule has 0 radical (unpaired) electrons. The number of carbonyl (C=O) groups is 3. The molecular formula is C20H20N2O5. The number of hydrogen-bond acceptors (Lipinski definition) is 4. The first-order chi connectivity index (χ1) is 12.9. The van der Waals surface area contributed by atoms with E-state index < -0.39 is 23.8 Å². The Labute approximate surface area is 156 Å². The van der Waals surface area contributed by atoms with Crippen molar-refractivity contribution < 1.29 is 24.2 Å². The third kappa shape index (κ3) is 5.43. The third-order valence-corrected chi connectivity index (χ3v) is 3.67. The lowest BCUT2D eigenvalue weighted by Crippen LogP contribution is -2.42. The summed E-state index contributed by atoms with van der Waals surface area (Å²) in [6.07, 6.45) is 1.47. The number of aliphatic carboxylic acids is 1.